The molecule has 8 heteroatoms. The molecule has 12 heavy (non-hydrogen) atoms. The molecule has 0 saturated carbocycles. The third-order valence-corrected chi connectivity index (χ3v) is 3.94. The molecule has 0 aliphatic rings. The maximum atomic E-state index is 10.9. The Hall–Kier alpha value is 0.640. The second-order valence-electron chi connectivity index (χ2n) is 1.79. The van der Waals surface area contributed by atoms with Crippen molar-refractivity contribution in [2.45, 2.75) is 13.3 Å². The summed E-state index contributed by atoms with van der Waals surface area (Å²) in [7, 11) is 1.18. The van der Waals surface area contributed by atoms with E-state index >= 15 is 0 Å². The highest BCUT2D eigenvalue weighted by Gasteiger charge is 2.19. The van der Waals surface area contributed by atoms with Gasteiger partial charge in [-0.15, -0.1) is 4.67 Å². The average Bonchev–Trinajstić information content (AvgIpc) is 1.85. The molecular weight excluding hydrogens is 223 g/mol. The summed E-state index contributed by atoms with van der Waals surface area (Å²) >= 11 is 2.84. The highest BCUT2D eigenvalue weighted by atomic mass is 32.5. The molecule has 2 atom stereocenters. The zero-order chi connectivity index (χ0) is 9.61. The van der Waals surface area contributed by atoms with Crippen molar-refractivity contribution in [1.29, 1.82) is 0 Å². The van der Waals surface area contributed by atoms with Gasteiger partial charge in [0, 0.05) is 5.75 Å². The molecule has 5 nitrogen and oxygen atoms in total. The van der Waals surface area contributed by atoms with Crippen molar-refractivity contribution in [3.63, 3.8) is 0 Å². The summed E-state index contributed by atoms with van der Waals surface area (Å²) in [4.78, 5) is 13.2. The summed E-state index contributed by atoms with van der Waals surface area (Å²) in [5.41, 5.74) is 0. The molecule has 0 fully saturated rings. The van der Waals surface area contributed by atoms with E-state index in [2.05, 4.69) is 25.3 Å². The van der Waals surface area contributed by atoms with Crippen molar-refractivity contribution in [2.24, 2.45) is 0 Å². The Labute approximate surface area is 78.9 Å². The van der Waals surface area contributed by atoms with Crippen LogP contribution in [0.1, 0.15) is 13.3 Å². The highest BCUT2D eigenvalue weighted by molar-refractivity contribution is 8.10. The molecule has 0 bridgehead atoms. The first-order valence-electron chi connectivity index (χ1n) is 3.15. The monoisotopic (exact) mass is 234 g/mol. The topological polar surface area (TPSA) is 65.0 Å². The minimum Gasteiger partial charge on any atom is -0.322 e. The molecule has 2 unspecified atom stereocenters. The fourth-order valence-corrected chi connectivity index (χ4v) is 2.97. The second kappa shape index (κ2) is 6.15. The van der Waals surface area contributed by atoms with Crippen molar-refractivity contribution in [1.82, 2.24) is 0 Å². The number of rotatable bonds is 6. The van der Waals surface area contributed by atoms with E-state index in [0.717, 1.165) is 0 Å². The van der Waals surface area contributed by atoms with Crippen LogP contribution in [-0.2, 0) is 36.4 Å². The second-order valence-corrected chi connectivity index (χ2v) is 5.87. The zero-order valence-corrected chi connectivity index (χ0v) is 9.29. The molecule has 1 N–H and O–H groups in total. The molecule has 0 aliphatic heterocycles. The van der Waals surface area contributed by atoms with Crippen LogP contribution >= 0.6 is 6.72 Å². The smallest absolute Gasteiger partial charge is 0.322 e. The van der Waals surface area contributed by atoms with Crippen LogP contribution in [0.2, 0.25) is 0 Å². The van der Waals surface area contributed by atoms with Gasteiger partial charge >= 0.3 is 6.72 Å². The Balaban J connectivity index is 3.88. The third-order valence-electron chi connectivity index (χ3n) is 0.717. The SMILES string of the molecule is CCCS(=O)OP(O)(=S)OOC. The van der Waals surface area contributed by atoms with Gasteiger partial charge in [-0.2, -0.15) is 0 Å². The summed E-state index contributed by atoms with van der Waals surface area (Å²) in [6, 6.07) is 0. The summed E-state index contributed by atoms with van der Waals surface area (Å²) in [6.45, 7) is -1.63. The Kier molecular flexibility index (Phi) is 6.48. The lowest BCUT2D eigenvalue weighted by Gasteiger charge is -2.10. The van der Waals surface area contributed by atoms with Crippen LogP contribution < -0.4 is 0 Å². The first-order valence-corrected chi connectivity index (χ1v) is 6.99. The fraction of sp³-hybridized carbons (Fsp3) is 1.00. The van der Waals surface area contributed by atoms with Crippen molar-refractivity contribution >= 4 is 29.6 Å². The predicted molar refractivity (Wildman–Crippen MR) is 49.0 cm³/mol. The van der Waals surface area contributed by atoms with Crippen LogP contribution in [-0.4, -0.2) is 22.0 Å². The van der Waals surface area contributed by atoms with E-state index < -0.39 is 17.8 Å². The molecule has 0 rings (SSSR count). The number of hydrogen-bond donors (Lipinski definition) is 1. The molecule has 0 spiro atoms. The van der Waals surface area contributed by atoms with Gasteiger partial charge in [0.25, 0.3) is 0 Å². The third kappa shape index (κ3) is 6.19. The molecule has 0 heterocycles. The summed E-state index contributed by atoms with van der Waals surface area (Å²) in [5.74, 6) is 0.312. The van der Waals surface area contributed by atoms with Crippen molar-refractivity contribution in [2.75, 3.05) is 12.9 Å². The maximum Gasteiger partial charge on any atom is 0.366 e. The van der Waals surface area contributed by atoms with E-state index in [9.17, 15) is 4.21 Å². The van der Waals surface area contributed by atoms with Gasteiger partial charge in [0.2, 0.25) is 0 Å². The first-order chi connectivity index (χ1) is 5.52. The predicted octanol–water partition coefficient (Wildman–Crippen LogP) is 0.871. The van der Waals surface area contributed by atoms with E-state index in [1.54, 1.807) is 0 Å². The first kappa shape index (κ1) is 12.6. The minimum atomic E-state index is -3.47. The fourth-order valence-electron chi connectivity index (χ4n) is 0.416. The van der Waals surface area contributed by atoms with Gasteiger partial charge in [-0.1, -0.05) is 6.92 Å². The van der Waals surface area contributed by atoms with Crippen LogP contribution in [0.3, 0.4) is 0 Å². The normalized spacial score (nSPS) is 18.6. The lowest BCUT2D eigenvalue weighted by Crippen LogP contribution is -2.01. The average molecular weight is 234 g/mol. The van der Waals surface area contributed by atoms with Crippen molar-refractivity contribution in [3.8, 4) is 0 Å². The molecule has 0 radical (unpaired) electrons. The summed E-state index contributed by atoms with van der Waals surface area (Å²) < 4.78 is 19.6. The lowest BCUT2D eigenvalue weighted by atomic mass is 10.6. The van der Waals surface area contributed by atoms with Gasteiger partial charge in [-0.25, -0.2) is 13.1 Å². The lowest BCUT2D eigenvalue weighted by molar-refractivity contribution is -0.184. The van der Waals surface area contributed by atoms with Gasteiger partial charge in [0.05, 0.1) is 7.11 Å². The van der Waals surface area contributed by atoms with E-state index in [1.165, 1.54) is 7.11 Å². The molecule has 0 amide bonds. The van der Waals surface area contributed by atoms with E-state index in [0.29, 0.717) is 12.2 Å². The van der Waals surface area contributed by atoms with Gasteiger partial charge in [-0.05, 0) is 18.2 Å². The Morgan fingerprint density at radius 1 is 1.67 bits per heavy atom. The molecule has 0 aromatic rings. The minimum absolute atomic E-state index is 0.312. The molecule has 0 aromatic heterocycles. The van der Waals surface area contributed by atoms with E-state index in [1.807, 2.05) is 6.92 Å². The highest BCUT2D eigenvalue weighted by Crippen LogP contribution is 2.44. The van der Waals surface area contributed by atoms with Crippen LogP contribution in [0.25, 0.3) is 0 Å². The largest absolute Gasteiger partial charge is 0.366 e. The van der Waals surface area contributed by atoms with Crippen LogP contribution in [0.15, 0.2) is 0 Å². The maximum absolute atomic E-state index is 10.9. The zero-order valence-electron chi connectivity index (χ0n) is 6.76. The van der Waals surface area contributed by atoms with Crippen molar-refractivity contribution < 1.29 is 22.6 Å². The van der Waals surface area contributed by atoms with Crippen LogP contribution in [0.5, 0.6) is 0 Å². The summed E-state index contributed by atoms with van der Waals surface area (Å²) in [6.07, 6.45) is 0.676. The molecule has 0 saturated heterocycles. The molecule has 0 aromatic carbocycles. The van der Waals surface area contributed by atoms with Crippen LogP contribution in [0, 0.1) is 0 Å². The van der Waals surface area contributed by atoms with E-state index in [-0.39, 0.29) is 0 Å². The Morgan fingerprint density at radius 2 is 2.25 bits per heavy atom. The standard InChI is InChI=1S/C4H11O5PS2/c1-3-4-12(6)9-10(5,11)8-7-2/h3-4H2,1-2H3,(H,5,11). The number of hydrogen-bond acceptors (Lipinski definition) is 5. The van der Waals surface area contributed by atoms with E-state index in [4.69, 9.17) is 4.89 Å². The van der Waals surface area contributed by atoms with Gasteiger partial charge in [-0.3, -0.25) is 0 Å². The van der Waals surface area contributed by atoms with Gasteiger partial charge < -0.3 is 4.89 Å². The Bertz CT molecular complexity index is 196. The van der Waals surface area contributed by atoms with Gasteiger partial charge in [0.15, 0.2) is 11.1 Å². The molecule has 0 aliphatic carbocycles. The quantitative estimate of drug-likeness (QED) is 0.418. The Morgan fingerprint density at radius 3 is 2.67 bits per heavy atom. The molecular formula is C4H11O5PS2. The van der Waals surface area contributed by atoms with Crippen LogP contribution in [0.4, 0.5) is 0 Å². The van der Waals surface area contributed by atoms with Crippen molar-refractivity contribution in [3.05, 3.63) is 0 Å². The summed E-state index contributed by atoms with van der Waals surface area (Å²) in [5, 5.41) is 0. The molecule has 74 valence electrons. The van der Waals surface area contributed by atoms with Gasteiger partial charge in [0.1, 0.15) is 0 Å².